The van der Waals surface area contributed by atoms with Gasteiger partial charge in [0.25, 0.3) is 0 Å². The lowest BCUT2D eigenvalue weighted by Gasteiger charge is -2.10. The zero-order valence-corrected chi connectivity index (χ0v) is 9.75. The fourth-order valence-corrected chi connectivity index (χ4v) is 1.86. The first-order valence-corrected chi connectivity index (χ1v) is 5.37. The van der Waals surface area contributed by atoms with E-state index < -0.39 is 0 Å². The zero-order chi connectivity index (χ0) is 11.7. The Labute approximate surface area is 99.8 Å². The molecule has 82 valence electrons. The first-order valence-electron chi connectivity index (χ1n) is 4.99. The minimum atomic E-state index is 0.657. The van der Waals surface area contributed by atoms with Gasteiger partial charge in [-0.05, 0) is 36.8 Å². The quantitative estimate of drug-likeness (QED) is 0.740. The molecule has 0 aromatic heterocycles. The molecule has 0 aliphatic heterocycles. The van der Waals surface area contributed by atoms with Crippen LogP contribution in [0.25, 0.3) is 11.1 Å². The first-order chi connectivity index (χ1) is 7.58. The van der Waals surface area contributed by atoms with Gasteiger partial charge in [0.1, 0.15) is 0 Å². The predicted octanol–water partition coefficient (Wildman–Crippen LogP) is 3.48. The lowest BCUT2D eigenvalue weighted by molar-refractivity contribution is 1.47. The molecule has 0 aliphatic carbocycles. The van der Waals surface area contributed by atoms with Crippen LogP contribution in [0.4, 0.5) is 11.4 Å². The third-order valence-corrected chi connectivity index (χ3v) is 2.75. The highest BCUT2D eigenvalue weighted by Gasteiger charge is 2.07. The fourth-order valence-electron chi connectivity index (χ4n) is 1.69. The number of hydrogen-bond donors (Lipinski definition) is 2. The maximum atomic E-state index is 5.97. The molecule has 0 fully saturated rings. The summed E-state index contributed by atoms with van der Waals surface area (Å²) in [6.07, 6.45) is 0. The van der Waals surface area contributed by atoms with Gasteiger partial charge in [-0.3, -0.25) is 0 Å². The van der Waals surface area contributed by atoms with Gasteiger partial charge in [-0.2, -0.15) is 0 Å². The molecular formula is C13H13ClN2. The van der Waals surface area contributed by atoms with Crippen LogP contribution in [-0.4, -0.2) is 0 Å². The summed E-state index contributed by atoms with van der Waals surface area (Å²) in [6, 6.07) is 11.3. The van der Waals surface area contributed by atoms with Crippen molar-refractivity contribution in [3.05, 3.63) is 47.0 Å². The average Bonchev–Trinajstić information content (AvgIpc) is 2.22. The number of hydrogen-bond acceptors (Lipinski definition) is 2. The molecule has 3 heteroatoms. The lowest BCUT2D eigenvalue weighted by Crippen LogP contribution is -1.95. The van der Waals surface area contributed by atoms with E-state index in [1.54, 1.807) is 12.1 Å². The Hall–Kier alpha value is -1.67. The number of rotatable bonds is 1. The van der Waals surface area contributed by atoms with E-state index >= 15 is 0 Å². The Kier molecular flexibility index (Phi) is 2.75. The van der Waals surface area contributed by atoms with Crippen LogP contribution in [0.3, 0.4) is 0 Å². The molecule has 0 unspecified atom stereocenters. The van der Waals surface area contributed by atoms with Crippen molar-refractivity contribution in [2.75, 3.05) is 11.5 Å². The van der Waals surface area contributed by atoms with Gasteiger partial charge in [-0.25, -0.2) is 0 Å². The van der Waals surface area contributed by atoms with E-state index in [1.807, 2.05) is 31.2 Å². The molecule has 2 rings (SSSR count). The van der Waals surface area contributed by atoms with Crippen LogP contribution in [0.5, 0.6) is 0 Å². The highest BCUT2D eigenvalue weighted by molar-refractivity contribution is 6.31. The summed E-state index contributed by atoms with van der Waals surface area (Å²) in [5.74, 6) is 0. The average molecular weight is 233 g/mol. The van der Waals surface area contributed by atoms with E-state index in [1.165, 1.54) is 0 Å². The van der Waals surface area contributed by atoms with E-state index in [2.05, 4.69) is 0 Å². The Morgan fingerprint density at radius 2 is 1.62 bits per heavy atom. The van der Waals surface area contributed by atoms with Crippen molar-refractivity contribution in [1.29, 1.82) is 0 Å². The van der Waals surface area contributed by atoms with Crippen LogP contribution in [-0.2, 0) is 0 Å². The molecule has 2 aromatic rings. The molecule has 2 nitrogen and oxygen atoms in total. The van der Waals surface area contributed by atoms with Crippen molar-refractivity contribution in [3.63, 3.8) is 0 Å². The van der Waals surface area contributed by atoms with Crippen molar-refractivity contribution >= 4 is 23.0 Å². The molecule has 0 spiro atoms. The maximum absolute atomic E-state index is 5.97. The second kappa shape index (κ2) is 4.06. The zero-order valence-electron chi connectivity index (χ0n) is 9.00. The van der Waals surface area contributed by atoms with Crippen molar-refractivity contribution in [3.8, 4) is 11.1 Å². The Morgan fingerprint density at radius 1 is 0.875 bits per heavy atom. The Morgan fingerprint density at radius 3 is 2.31 bits per heavy atom. The molecule has 0 atom stereocenters. The van der Waals surface area contributed by atoms with Gasteiger partial charge in [0.2, 0.25) is 0 Å². The first kappa shape index (κ1) is 10.8. The molecular weight excluding hydrogens is 220 g/mol. The maximum Gasteiger partial charge on any atom is 0.0413 e. The summed E-state index contributed by atoms with van der Waals surface area (Å²) in [5.41, 5.74) is 16.2. The van der Waals surface area contributed by atoms with E-state index in [9.17, 15) is 0 Å². The lowest BCUT2D eigenvalue weighted by atomic mass is 10.0. The van der Waals surface area contributed by atoms with Gasteiger partial charge in [0, 0.05) is 27.5 Å². The van der Waals surface area contributed by atoms with Crippen molar-refractivity contribution in [1.82, 2.24) is 0 Å². The molecule has 2 aromatic carbocycles. The summed E-state index contributed by atoms with van der Waals surface area (Å²) < 4.78 is 0. The molecule has 0 radical (unpaired) electrons. The summed E-state index contributed by atoms with van der Waals surface area (Å²) in [7, 11) is 0. The van der Waals surface area contributed by atoms with E-state index in [0.29, 0.717) is 16.4 Å². The second-order valence-corrected chi connectivity index (χ2v) is 4.26. The number of benzene rings is 2. The normalized spacial score (nSPS) is 10.4. The molecule has 0 bridgehead atoms. The topological polar surface area (TPSA) is 52.0 Å². The molecule has 0 saturated heterocycles. The summed E-state index contributed by atoms with van der Waals surface area (Å²) >= 11 is 5.95. The van der Waals surface area contributed by atoms with Crippen LogP contribution in [0.15, 0.2) is 36.4 Å². The highest BCUT2D eigenvalue weighted by atomic mass is 35.5. The fraction of sp³-hybridized carbons (Fsp3) is 0.0769. The molecule has 16 heavy (non-hydrogen) atoms. The number of aryl methyl sites for hydroxylation is 1. The number of anilines is 2. The monoisotopic (exact) mass is 232 g/mol. The Balaban J connectivity index is 2.62. The summed E-state index contributed by atoms with van der Waals surface area (Å²) in [4.78, 5) is 0. The molecule has 4 N–H and O–H groups in total. The van der Waals surface area contributed by atoms with Gasteiger partial charge in [0.05, 0.1) is 0 Å². The van der Waals surface area contributed by atoms with E-state index in [-0.39, 0.29) is 0 Å². The van der Waals surface area contributed by atoms with Crippen molar-refractivity contribution < 1.29 is 0 Å². The van der Waals surface area contributed by atoms with Gasteiger partial charge in [0.15, 0.2) is 0 Å². The smallest absolute Gasteiger partial charge is 0.0413 e. The van der Waals surface area contributed by atoms with E-state index in [4.69, 9.17) is 23.1 Å². The standard InChI is InChI=1S/C13H13ClN2/c1-8-2-4-10(13(16)6-8)11-7-9(14)3-5-12(11)15/h2-7H,15-16H2,1H3. The van der Waals surface area contributed by atoms with Crippen LogP contribution in [0, 0.1) is 6.92 Å². The van der Waals surface area contributed by atoms with Gasteiger partial charge >= 0.3 is 0 Å². The number of nitrogen functional groups attached to an aromatic ring is 2. The SMILES string of the molecule is Cc1ccc(-c2cc(Cl)ccc2N)c(N)c1. The van der Waals surface area contributed by atoms with Crippen LogP contribution in [0.1, 0.15) is 5.56 Å². The number of nitrogens with two attached hydrogens (primary N) is 2. The number of halogens is 1. The third-order valence-electron chi connectivity index (χ3n) is 2.51. The molecule has 0 amide bonds. The highest BCUT2D eigenvalue weighted by Crippen LogP contribution is 2.33. The van der Waals surface area contributed by atoms with Gasteiger partial charge in [-0.1, -0.05) is 23.7 Å². The second-order valence-electron chi connectivity index (χ2n) is 3.82. The summed E-state index contributed by atoms with van der Waals surface area (Å²) in [5, 5.41) is 0.657. The molecule has 0 heterocycles. The Bertz CT molecular complexity index is 535. The van der Waals surface area contributed by atoms with Gasteiger partial charge in [-0.15, -0.1) is 0 Å². The van der Waals surface area contributed by atoms with Crippen molar-refractivity contribution in [2.45, 2.75) is 6.92 Å². The minimum Gasteiger partial charge on any atom is -0.398 e. The third kappa shape index (κ3) is 1.97. The molecule has 0 aliphatic rings. The van der Waals surface area contributed by atoms with Crippen LogP contribution >= 0.6 is 11.6 Å². The van der Waals surface area contributed by atoms with Crippen LogP contribution < -0.4 is 11.5 Å². The van der Waals surface area contributed by atoms with Crippen LogP contribution in [0.2, 0.25) is 5.02 Å². The van der Waals surface area contributed by atoms with Crippen molar-refractivity contribution in [2.24, 2.45) is 0 Å². The predicted molar refractivity (Wildman–Crippen MR) is 70.4 cm³/mol. The molecule has 0 saturated carbocycles. The minimum absolute atomic E-state index is 0.657. The largest absolute Gasteiger partial charge is 0.398 e. The van der Waals surface area contributed by atoms with E-state index in [0.717, 1.165) is 16.7 Å². The summed E-state index contributed by atoms with van der Waals surface area (Å²) in [6.45, 7) is 2.00. The van der Waals surface area contributed by atoms with Gasteiger partial charge < -0.3 is 11.5 Å².